The van der Waals surface area contributed by atoms with Crippen LogP contribution in [0.2, 0.25) is 0 Å². The zero-order valence-electron chi connectivity index (χ0n) is 14.3. The molecular formula is C17H18N4O4S. The van der Waals surface area contributed by atoms with E-state index in [9.17, 15) is 13.2 Å². The highest BCUT2D eigenvalue weighted by molar-refractivity contribution is 7.89. The van der Waals surface area contributed by atoms with Gasteiger partial charge in [0, 0.05) is 32.4 Å². The van der Waals surface area contributed by atoms with Crippen molar-refractivity contribution in [3.8, 4) is 11.5 Å². The van der Waals surface area contributed by atoms with Gasteiger partial charge in [-0.25, -0.2) is 18.2 Å². The fourth-order valence-corrected chi connectivity index (χ4v) is 3.19. The predicted octanol–water partition coefficient (Wildman–Crippen LogP) is 1.57. The maximum atomic E-state index is 12.4. The second-order valence-electron chi connectivity index (χ2n) is 5.81. The van der Waals surface area contributed by atoms with Crippen molar-refractivity contribution < 1.29 is 12.8 Å². The number of aromatic nitrogens is 2. The first-order chi connectivity index (χ1) is 12.3. The Hall–Kier alpha value is -2.91. The van der Waals surface area contributed by atoms with Crippen LogP contribution in [0.3, 0.4) is 0 Å². The standard InChI is InChI=1S/C17H18N4O4S/c1-21(2)13-5-3-12(4-6-13)11-18-26(23,24)17-10-8-15(25-17)14-7-9-16(22)20-19-14/h3-10,18H,11H2,1-2H3,(H,20,22). The summed E-state index contributed by atoms with van der Waals surface area (Å²) in [5.74, 6) is 0.247. The average Bonchev–Trinajstić information content (AvgIpc) is 3.12. The lowest BCUT2D eigenvalue weighted by Gasteiger charge is -2.12. The molecule has 1 aromatic carbocycles. The SMILES string of the molecule is CN(C)c1ccc(CNS(=O)(=O)c2ccc(-c3ccc(=O)[nH]n3)o2)cc1. The lowest BCUT2D eigenvalue weighted by molar-refractivity contribution is 0.454. The summed E-state index contributed by atoms with van der Waals surface area (Å²) < 4.78 is 32.6. The van der Waals surface area contributed by atoms with Gasteiger partial charge >= 0.3 is 0 Å². The number of furan rings is 1. The minimum atomic E-state index is -3.81. The van der Waals surface area contributed by atoms with Crippen LogP contribution in [-0.4, -0.2) is 32.7 Å². The summed E-state index contributed by atoms with van der Waals surface area (Å²) >= 11 is 0. The quantitative estimate of drug-likeness (QED) is 0.678. The van der Waals surface area contributed by atoms with Crippen LogP contribution in [0, 0.1) is 0 Å². The van der Waals surface area contributed by atoms with E-state index < -0.39 is 10.0 Å². The smallest absolute Gasteiger partial charge is 0.274 e. The third kappa shape index (κ3) is 4.01. The number of H-pyrrole nitrogens is 1. The lowest BCUT2D eigenvalue weighted by Crippen LogP contribution is -2.22. The lowest BCUT2D eigenvalue weighted by atomic mass is 10.2. The van der Waals surface area contributed by atoms with E-state index in [1.54, 1.807) is 0 Å². The zero-order chi connectivity index (χ0) is 18.7. The number of rotatable bonds is 6. The minimum Gasteiger partial charge on any atom is -0.442 e. The van der Waals surface area contributed by atoms with Crippen molar-refractivity contribution in [1.82, 2.24) is 14.9 Å². The number of nitrogens with zero attached hydrogens (tertiary/aromatic N) is 2. The van der Waals surface area contributed by atoms with Crippen LogP contribution in [0.1, 0.15) is 5.56 Å². The van der Waals surface area contributed by atoms with E-state index in [0.717, 1.165) is 11.3 Å². The molecule has 0 saturated heterocycles. The number of benzene rings is 1. The van der Waals surface area contributed by atoms with Gasteiger partial charge in [-0.2, -0.15) is 5.10 Å². The van der Waals surface area contributed by atoms with Crippen LogP contribution in [0.15, 0.2) is 62.8 Å². The number of hydrogen-bond donors (Lipinski definition) is 2. The second kappa shape index (κ2) is 7.14. The summed E-state index contributed by atoms with van der Waals surface area (Å²) in [6.45, 7) is 0.142. The van der Waals surface area contributed by atoms with Crippen molar-refractivity contribution in [3.05, 3.63) is 64.4 Å². The molecule has 0 aliphatic carbocycles. The molecule has 2 N–H and O–H groups in total. The molecule has 0 radical (unpaired) electrons. The van der Waals surface area contributed by atoms with Crippen LogP contribution in [-0.2, 0) is 16.6 Å². The summed E-state index contributed by atoms with van der Waals surface area (Å²) in [4.78, 5) is 13.0. The van der Waals surface area contributed by atoms with Crippen LogP contribution in [0.4, 0.5) is 5.69 Å². The van der Waals surface area contributed by atoms with E-state index in [2.05, 4.69) is 14.9 Å². The topological polar surface area (TPSA) is 108 Å². The molecule has 0 saturated carbocycles. The molecule has 0 bridgehead atoms. The molecule has 0 fully saturated rings. The summed E-state index contributed by atoms with van der Waals surface area (Å²) in [6, 6.07) is 13.1. The highest BCUT2D eigenvalue weighted by atomic mass is 32.2. The second-order valence-corrected chi connectivity index (χ2v) is 7.51. The fourth-order valence-electron chi connectivity index (χ4n) is 2.25. The van der Waals surface area contributed by atoms with E-state index >= 15 is 0 Å². The molecule has 8 nitrogen and oxygen atoms in total. The summed E-state index contributed by atoms with van der Waals surface area (Å²) in [6.07, 6.45) is 0. The van der Waals surface area contributed by atoms with Gasteiger partial charge in [-0.05, 0) is 35.9 Å². The molecule has 0 aliphatic heterocycles. The molecular weight excluding hydrogens is 356 g/mol. The Morgan fingerprint density at radius 3 is 2.42 bits per heavy atom. The maximum absolute atomic E-state index is 12.4. The number of aromatic amines is 1. The zero-order valence-corrected chi connectivity index (χ0v) is 15.1. The van der Waals surface area contributed by atoms with Crippen LogP contribution < -0.4 is 15.2 Å². The molecule has 2 heterocycles. The number of hydrogen-bond acceptors (Lipinski definition) is 6. The third-order valence-corrected chi connectivity index (χ3v) is 4.97. The molecule has 0 amide bonds. The summed E-state index contributed by atoms with van der Waals surface area (Å²) in [5, 5.41) is 5.86. The van der Waals surface area contributed by atoms with Gasteiger partial charge in [-0.15, -0.1) is 0 Å². The van der Waals surface area contributed by atoms with E-state index in [1.807, 2.05) is 43.3 Å². The first-order valence-electron chi connectivity index (χ1n) is 7.77. The van der Waals surface area contributed by atoms with Crippen LogP contribution in [0.5, 0.6) is 0 Å². The van der Waals surface area contributed by atoms with Crippen molar-refractivity contribution in [2.45, 2.75) is 11.6 Å². The Morgan fingerprint density at radius 2 is 1.81 bits per heavy atom. The predicted molar refractivity (Wildman–Crippen MR) is 97.4 cm³/mol. The van der Waals surface area contributed by atoms with Gasteiger partial charge in [-0.1, -0.05) is 12.1 Å². The van der Waals surface area contributed by atoms with Gasteiger partial charge < -0.3 is 9.32 Å². The van der Waals surface area contributed by atoms with Crippen molar-refractivity contribution in [3.63, 3.8) is 0 Å². The van der Waals surface area contributed by atoms with Crippen LogP contribution in [0.25, 0.3) is 11.5 Å². The average molecular weight is 374 g/mol. The highest BCUT2D eigenvalue weighted by Crippen LogP contribution is 2.22. The molecule has 3 rings (SSSR count). The monoisotopic (exact) mass is 374 g/mol. The molecule has 0 atom stereocenters. The van der Waals surface area contributed by atoms with E-state index in [0.29, 0.717) is 5.69 Å². The largest absolute Gasteiger partial charge is 0.442 e. The van der Waals surface area contributed by atoms with Crippen molar-refractivity contribution in [2.24, 2.45) is 0 Å². The van der Waals surface area contributed by atoms with E-state index in [1.165, 1.54) is 24.3 Å². The Morgan fingerprint density at radius 1 is 1.08 bits per heavy atom. The molecule has 0 unspecified atom stereocenters. The molecule has 136 valence electrons. The number of sulfonamides is 1. The first kappa shape index (κ1) is 17.9. The molecule has 0 spiro atoms. The molecule has 26 heavy (non-hydrogen) atoms. The Kier molecular flexibility index (Phi) is 4.92. The van der Waals surface area contributed by atoms with Gasteiger partial charge in [0.2, 0.25) is 5.09 Å². The first-order valence-corrected chi connectivity index (χ1v) is 9.25. The van der Waals surface area contributed by atoms with Crippen molar-refractivity contribution in [2.75, 3.05) is 19.0 Å². The highest BCUT2D eigenvalue weighted by Gasteiger charge is 2.19. The Balaban J connectivity index is 1.72. The van der Waals surface area contributed by atoms with E-state index in [4.69, 9.17) is 4.42 Å². The third-order valence-electron chi connectivity index (χ3n) is 3.70. The Labute approximate surface area is 150 Å². The fraction of sp³-hybridized carbons (Fsp3) is 0.176. The van der Waals surface area contributed by atoms with Gasteiger partial charge in [-0.3, -0.25) is 4.79 Å². The minimum absolute atomic E-state index is 0.142. The normalized spacial score (nSPS) is 11.5. The summed E-state index contributed by atoms with van der Waals surface area (Å²) in [7, 11) is 0.0609. The molecule has 0 aliphatic rings. The van der Waals surface area contributed by atoms with Gasteiger partial charge in [0.15, 0.2) is 5.76 Å². The van der Waals surface area contributed by atoms with Gasteiger partial charge in [0.1, 0.15) is 5.69 Å². The number of nitrogens with one attached hydrogen (secondary N) is 2. The van der Waals surface area contributed by atoms with Crippen LogP contribution >= 0.6 is 0 Å². The maximum Gasteiger partial charge on any atom is 0.274 e. The Bertz CT molecular complexity index is 1030. The van der Waals surface area contributed by atoms with Crippen molar-refractivity contribution in [1.29, 1.82) is 0 Å². The van der Waals surface area contributed by atoms with Gasteiger partial charge in [0.25, 0.3) is 15.6 Å². The molecule has 9 heteroatoms. The van der Waals surface area contributed by atoms with E-state index in [-0.39, 0.29) is 23.0 Å². The van der Waals surface area contributed by atoms with Crippen molar-refractivity contribution >= 4 is 15.7 Å². The number of anilines is 1. The molecule has 2 aromatic heterocycles. The molecule has 3 aromatic rings. The van der Waals surface area contributed by atoms with Gasteiger partial charge in [0.05, 0.1) is 0 Å². The summed E-state index contributed by atoms with van der Waals surface area (Å²) in [5.41, 5.74) is 1.84.